The molecule has 1 aromatic carbocycles. The number of para-hydroxylation sites is 1. The first-order chi connectivity index (χ1) is 11.7. The van der Waals surface area contributed by atoms with Crippen LogP contribution in [0, 0.1) is 0 Å². The molecule has 0 atom stereocenters. The number of carbonyl (C=O) groups excluding carboxylic acids is 1. The number of carbonyl (C=O) groups is 1. The van der Waals surface area contributed by atoms with Crippen LogP contribution in [0.2, 0.25) is 0 Å². The van der Waals surface area contributed by atoms with Gasteiger partial charge in [-0.05, 0) is 25.0 Å². The Morgan fingerprint density at radius 3 is 2.54 bits per heavy atom. The second-order valence-corrected chi connectivity index (χ2v) is 6.36. The van der Waals surface area contributed by atoms with Gasteiger partial charge in [0.2, 0.25) is 5.91 Å². The molecule has 0 aromatic heterocycles. The maximum absolute atomic E-state index is 11.8. The van der Waals surface area contributed by atoms with E-state index in [2.05, 4.69) is 20.5 Å². The number of nitrogens with zero attached hydrogens (tertiary/aromatic N) is 2. The lowest BCUT2D eigenvalue weighted by molar-refractivity contribution is -0.120. The first-order valence-electron chi connectivity index (χ1n) is 8.71. The highest BCUT2D eigenvalue weighted by molar-refractivity contribution is 5.86. The van der Waals surface area contributed by atoms with Gasteiger partial charge >= 0.3 is 0 Å². The predicted molar refractivity (Wildman–Crippen MR) is 94.2 cm³/mol. The van der Waals surface area contributed by atoms with Gasteiger partial charge in [-0.1, -0.05) is 18.2 Å². The Morgan fingerprint density at radius 2 is 1.92 bits per heavy atom. The van der Waals surface area contributed by atoms with Crippen molar-refractivity contribution in [1.29, 1.82) is 0 Å². The Labute approximate surface area is 143 Å². The fourth-order valence-electron chi connectivity index (χ4n) is 2.87. The number of hydrogen-bond acceptors (Lipinski definition) is 3. The molecule has 6 nitrogen and oxygen atoms in total. The molecule has 2 N–H and O–H groups in total. The summed E-state index contributed by atoms with van der Waals surface area (Å²) < 4.78 is 6.01. The summed E-state index contributed by atoms with van der Waals surface area (Å²) in [5, 5.41) is 6.14. The molecule has 0 bridgehead atoms. The molecule has 130 valence electrons. The Kier molecular flexibility index (Phi) is 5.56. The minimum absolute atomic E-state index is 0.0425. The molecular weight excluding hydrogens is 304 g/mol. The second kappa shape index (κ2) is 8.04. The molecule has 0 unspecified atom stereocenters. The van der Waals surface area contributed by atoms with Gasteiger partial charge in [0.25, 0.3) is 0 Å². The normalized spacial score (nSPS) is 19.0. The summed E-state index contributed by atoms with van der Waals surface area (Å²) in [6.45, 7) is 2.03. The average Bonchev–Trinajstić information content (AvgIpc) is 3.41. The number of amides is 1. The highest BCUT2D eigenvalue weighted by Gasteiger charge is 2.25. The SMILES string of the molecule is CN=C(NCC(=O)NC1CC1)N1CCC(Oc2ccccc2)CC1. The standard InChI is InChI=1S/C18H26N4O2/c1-19-18(20-13-17(23)21-14-7-8-14)22-11-9-16(10-12-22)24-15-5-3-2-4-6-15/h2-6,14,16H,7-13H2,1H3,(H,19,20)(H,21,23). The van der Waals surface area contributed by atoms with E-state index in [1.807, 2.05) is 30.3 Å². The van der Waals surface area contributed by atoms with Gasteiger partial charge in [-0.15, -0.1) is 0 Å². The van der Waals surface area contributed by atoms with Crippen LogP contribution in [0.15, 0.2) is 35.3 Å². The monoisotopic (exact) mass is 330 g/mol. The summed E-state index contributed by atoms with van der Waals surface area (Å²) in [5.74, 6) is 1.76. The van der Waals surface area contributed by atoms with Gasteiger partial charge in [-0.3, -0.25) is 9.79 Å². The van der Waals surface area contributed by atoms with E-state index >= 15 is 0 Å². The fourth-order valence-corrected chi connectivity index (χ4v) is 2.87. The van der Waals surface area contributed by atoms with Crippen LogP contribution in [-0.2, 0) is 4.79 Å². The minimum atomic E-state index is 0.0425. The third-order valence-corrected chi connectivity index (χ3v) is 4.35. The zero-order chi connectivity index (χ0) is 16.8. The van der Waals surface area contributed by atoms with Crippen molar-refractivity contribution in [1.82, 2.24) is 15.5 Å². The molecule has 1 saturated carbocycles. The summed E-state index contributed by atoms with van der Waals surface area (Å²) in [6, 6.07) is 10.3. The van der Waals surface area contributed by atoms with Gasteiger partial charge in [0.05, 0.1) is 6.54 Å². The molecule has 0 spiro atoms. The minimum Gasteiger partial charge on any atom is -0.490 e. The van der Waals surface area contributed by atoms with Crippen molar-refractivity contribution in [2.45, 2.75) is 37.8 Å². The summed E-state index contributed by atoms with van der Waals surface area (Å²) in [6.07, 6.45) is 4.35. The van der Waals surface area contributed by atoms with Gasteiger partial charge in [-0.25, -0.2) is 0 Å². The van der Waals surface area contributed by atoms with E-state index in [1.54, 1.807) is 7.05 Å². The molecule has 1 amide bonds. The number of ether oxygens (including phenoxy) is 1. The van der Waals surface area contributed by atoms with Crippen molar-refractivity contribution < 1.29 is 9.53 Å². The van der Waals surface area contributed by atoms with Crippen LogP contribution in [-0.4, -0.2) is 55.6 Å². The number of rotatable bonds is 5. The maximum Gasteiger partial charge on any atom is 0.239 e. The van der Waals surface area contributed by atoms with Gasteiger partial charge in [0.15, 0.2) is 5.96 Å². The summed E-state index contributed by atoms with van der Waals surface area (Å²) in [5.41, 5.74) is 0. The van der Waals surface area contributed by atoms with Crippen molar-refractivity contribution in [3.05, 3.63) is 30.3 Å². The van der Waals surface area contributed by atoms with Gasteiger partial charge < -0.3 is 20.3 Å². The molecule has 2 aliphatic rings. The Balaban J connectivity index is 1.41. The number of likely N-dealkylation sites (tertiary alicyclic amines) is 1. The van der Waals surface area contributed by atoms with E-state index < -0.39 is 0 Å². The average molecular weight is 330 g/mol. The molecule has 0 radical (unpaired) electrons. The van der Waals surface area contributed by atoms with E-state index in [4.69, 9.17) is 4.74 Å². The van der Waals surface area contributed by atoms with Crippen molar-refractivity contribution >= 4 is 11.9 Å². The lowest BCUT2D eigenvalue weighted by Gasteiger charge is -2.34. The number of aliphatic imine (C=N–C) groups is 1. The number of guanidine groups is 1. The summed E-state index contributed by atoms with van der Waals surface area (Å²) >= 11 is 0. The summed E-state index contributed by atoms with van der Waals surface area (Å²) in [4.78, 5) is 18.3. The van der Waals surface area contributed by atoms with Crippen LogP contribution in [0.5, 0.6) is 5.75 Å². The molecule has 6 heteroatoms. The summed E-state index contributed by atoms with van der Waals surface area (Å²) in [7, 11) is 1.76. The maximum atomic E-state index is 11.8. The van der Waals surface area contributed by atoms with Crippen LogP contribution < -0.4 is 15.4 Å². The molecule has 3 rings (SSSR count). The van der Waals surface area contributed by atoms with Crippen LogP contribution in [0.4, 0.5) is 0 Å². The largest absolute Gasteiger partial charge is 0.490 e. The van der Waals surface area contributed by atoms with Gasteiger partial charge in [0, 0.05) is 39.0 Å². The third-order valence-electron chi connectivity index (χ3n) is 4.35. The Morgan fingerprint density at radius 1 is 1.21 bits per heavy atom. The van der Waals surface area contributed by atoms with E-state index in [0.29, 0.717) is 6.04 Å². The van der Waals surface area contributed by atoms with Crippen LogP contribution in [0.3, 0.4) is 0 Å². The number of benzene rings is 1. The number of hydrogen-bond donors (Lipinski definition) is 2. The first-order valence-corrected chi connectivity index (χ1v) is 8.71. The topological polar surface area (TPSA) is 66.0 Å². The van der Waals surface area contributed by atoms with E-state index in [9.17, 15) is 4.79 Å². The molecule has 1 saturated heterocycles. The molecular formula is C18H26N4O2. The molecule has 2 fully saturated rings. The number of piperidine rings is 1. The molecule has 1 heterocycles. The highest BCUT2D eigenvalue weighted by Crippen LogP contribution is 2.19. The van der Waals surface area contributed by atoms with E-state index in [0.717, 1.165) is 50.5 Å². The van der Waals surface area contributed by atoms with Crippen LogP contribution >= 0.6 is 0 Å². The molecule has 24 heavy (non-hydrogen) atoms. The zero-order valence-electron chi connectivity index (χ0n) is 14.2. The molecule has 1 aliphatic carbocycles. The van der Waals surface area contributed by atoms with Crippen molar-refractivity contribution in [3.63, 3.8) is 0 Å². The van der Waals surface area contributed by atoms with Crippen molar-refractivity contribution in [3.8, 4) is 5.75 Å². The van der Waals surface area contributed by atoms with Crippen LogP contribution in [0.25, 0.3) is 0 Å². The lowest BCUT2D eigenvalue weighted by Crippen LogP contribution is -2.49. The molecule has 1 aromatic rings. The third kappa shape index (κ3) is 4.88. The van der Waals surface area contributed by atoms with Crippen molar-refractivity contribution in [2.24, 2.45) is 4.99 Å². The smallest absolute Gasteiger partial charge is 0.239 e. The zero-order valence-corrected chi connectivity index (χ0v) is 14.2. The quantitative estimate of drug-likeness (QED) is 0.632. The van der Waals surface area contributed by atoms with Crippen LogP contribution in [0.1, 0.15) is 25.7 Å². The second-order valence-electron chi connectivity index (χ2n) is 6.36. The highest BCUT2D eigenvalue weighted by atomic mass is 16.5. The molecule has 1 aliphatic heterocycles. The van der Waals surface area contributed by atoms with Crippen molar-refractivity contribution in [2.75, 3.05) is 26.7 Å². The first kappa shape index (κ1) is 16.6. The van der Waals surface area contributed by atoms with Gasteiger partial charge in [0.1, 0.15) is 11.9 Å². The van der Waals surface area contributed by atoms with E-state index in [-0.39, 0.29) is 18.6 Å². The van der Waals surface area contributed by atoms with Gasteiger partial charge in [-0.2, -0.15) is 0 Å². The number of nitrogens with one attached hydrogen (secondary N) is 2. The Bertz CT molecular complexity index is 564. The lowest BCUT2D eigenvalue weighted by atomic mass is 10.1. The van der Waals surface area contributed by atoms with E-state index in [1.165, 1.54) is 0 Å². The fraction of sp³-hybridized carbons (Fsp3) is 0.556. The predicted octanol–water partition coefficient (Wildman–Crippen LogP) is 1.38. The Hall–Kier alpha value is -2.24.